The van der Waals surface area contributed by atoms with E-state index in [4.69, 9.17) is 14.2 Å². The van der Waals surface area contributed by atoms with Crippen molar-refractivity contribution in [1.82, 2.24) is 0 Å². The first-order chi connectivity index (χ1) is 15.2. The second-order valence-electron chi connectivity index (χ2n) is 10.8. The summed E-state index contributed by atoms with van der Waals surface area (Å²) in [4.78, 5) is 36.4. The van der Waals surface area contributed by atoms with Gasteiger partial charge in [-0.15, -0.1) is 0 Å². The van der Waals surface area contributed by atoms with Crippen molar-refractivity contribution < 1.29 is 33.7 Å². The van der Waals surface area contributed by atoms with Crippen LogP contribution in [0.5, 0.6) is 0 Å². The molecule has 2 fully saturated rings. The molecule has 2 bridgehead atoms. The molecule has 3 aliphatic carbocycles. The molecule has 0 heterocycles. The zero-order valence-corrected chi connectivity index (χ0v) is 20.9. The molecule has 33 heavy (non-hydrogen) atoms. The molecular formula is C26H38O7. The molecule has 0 saturated heterocycles. The predicted molar refractivity (Wildman–Crippen MR) is 122 cm³/mol. The molecule has 0 amide bonds. The van der Waals surface area contributed by atoms with Crippen LogP contribution in [0.4, 0.5) is 0 Å². The Morgan fingerprint density at radius 1 is 1.00 bits per heavy atom. The molecule has 0 aliphatic heterocycles. The van der Waals surface area contributed by atoms with Gasteiger partial charge in [0.05, 0.1) is 0 Å². The molecule has 0 spiro atoms. The second-order valence-corrected chi connectivity index (χ2v) is 10.8. The highest BCUT2D eigenvalue weighted by molar-refractivity contribution is 5.68. The van der Waals surface area contributed by atoms with Crippen LogP contribution in [0.2, 0.25) is 0 Å². The number of aliphatic hydroxyl groups is 1. The van der Waals surface area contributed by atoms with Crippen molar-refractivity contribution >= 4 is 17.9 Å². The summed E-state index contributed by atoms with van der Waals surface area (Å²) in [5.41, 5.74) is 1.10. The lowest BCUT2D eigenvalue weighted by atomic mass is 9.49. The maximum absolute atomic E-state index is 12.3. The molecule has 184 valence electrons. The van der Waals surface area contributed by atoms with Gasteiger partial charge in [0.2, 0.25) is 0 Å². The van der Waals surface area contributed by atoms with Gasteiger partial charge in [0.25, 0.3) is 0 Å². The molecule has 7 nitrogen and oxygen atoms in total. The first-order valence-electron chi connectivity index (χ1n) is 11.8. The topological polar surface area (TPSA) is 99.1 Å². The number of aliphatic hydroxyl groups excluding tert-OH is 1. The Kier molecular flexibility index (Phi) is 6.87. The van der Waals surface area contributed by atoms with Crippen LogP contribution in [-0.2, 0) is 28.6 Å². The molecule has 7 atom stereocenters. The fraction of sp³-hybridized carbons (Fsp3) is 0.731. The summed E-state index contributed by atoms with van der Waals surface area (Å²) in [6.45, 7) is 16.3. The lowest BCUT2D eigenvalue weighted by molar-refractivity contribution is -0.189. The van der Waals surface area contributed by atoms with Crippen molar-refractivity contribution in [3.05, 3.63) is 23.3 Å². The first-order valence-corrected chi connectivity index (χ1v) is 11.8. The van der Waals surface area contributed by atoms with Crippen LogP contribution in [0.3, 0.4) is 0 Å². The number of carbonyl (C=O) groups is 3. The average Bonchev–Trinajstić information content (AvgIpc) is 2.66. The summed E-state index contributed by atoms with van der Waals surface area (Å²) in [6, 6.07) is 0. The van der Waals surface area contributed by atoms with Crippen LogP contribution in [0.15, 0.2) is 23.3 Å². The van der Waals surface area contributed by atoms with Crippen molar-refractivity contribution in [2.24, 2.45) is 22.7 Å². The fourth-order valence-electron chi connectivity index (χ4n) is 6.85. The van der Waals surface area contributed by atoms with E-state index in [9.17, 15) is 19.5 Å². The third kappa shape index (κ3) is 4.36. The normalized spacial score (nSPS) is 37.9. The maximum atomic E-state index is 12.3. The van der Waals surface area contributed by atoms with E-state index >= 15 is 0 Å². The molecule has 7 heteroatoms. The van der Waals surface area contributed by atoms with E-state index in [-0.39, 0.29) is 11.8 Å². The zero-order valence-electron chi connectivity index (χ0n) is 20.9. The highest BCUT2D eigenvalue weighted by atomic mass is 16.6. The lowest BCUT2D eigenvalue weighted by Gasteiger charge is -2.59. The van der Waals surface area contributed by atoms with Gasteiger partial charge in [-0.25, -0.2) is 0 Å². The van der Waals surface area contributed by atoms with E-state index in [1.165, 1.54) is 20.8 Å². The molecule has 3 aliphatic rings. The Morgan fingerprint density at radius 2 is 1.58 bits per heavy atom. The summed E-state index contributed by atoms with van der Waals surface area (Å²) in [6.07, 6.45) is -0.346. The van der Waals surface area contributed by atoms with Crippen molar-refractivity contribution in [1.29, 1.82) is 0 Å². The first kappa shape index (κ1) is 25.5. The number of carbonyl (C=O) groups excluding carboxylic acids is 3. The van der Waals surface area contributed by atoms with E-state index in [1.807, 2.05) is 27.7 Å². The van der Waals surface area contributed by atoms with Crippen LogP contribution < -0.4 is 0 Å². The molecule has 0 aromatic carbocycles. The van der Waals surface area contributed by atoms with Gasteiger partial charge in [-0.3, -0.25) is 14.4 Å². The van der Waals surface area contributed by atoms with E-state index in [0.29, 0.717) is 12.8 Å². The Hall–Kier alpha value is -2.15. The number of esters is 3. The number of fused-ring (bicyclic) bond motifs is 3. The van der Waals surface area contributed by atoms with Crippen LogP contribution in [-0.4, -0.2) is 47.4 Å². The van der Waals surface area contributed by atoms with Crippen molar-refractivity contribution in [3.63, 3.8) is 0 Å². The van der Waals surface area contributed by atoms with Crippen molar-refractivity contribution in [2.75, 3.05) is 0 Å². The highest BCUT2D eigenvalue weighted by Crippen LogP contribution is 2.60. The Bertz CT molecular complexity index is 885. The van der Waals surface area contributed by atoms with Crippen LogP contribution in [0, 0.1) is 22.7 Å². The van der Waals surface area contributed by atoms with Gasteiger partial charge in [0, 0.05) is 38.0 Å². The number of hydrogen-bond acceptors (Lipinski definition) is 7. The monoisotopic (exact) mass is 462 g/mol. The van der Waals surface area contributed by atoms with Crippen LogP contribution in [0.25, 0.3) is 0 Å². The van der Waals surface area contributed by atoms with Crippen LogP contribution >= 0.6 is 0 Å². The van der Waals surface area contributed by atoms with Gasteiger partial charge in [-0.1, -0.05) is 32.9 Å². The molecular weight excluding hydrogens is 424 g/mol. The Labute approximate surface area is 196 Å². The number of rotatable bonds is 3. The molecule has 2 saturated carbocycles. The van der Waals surface area contributed by atoms with Crippen molar-refractivity contribution in [3.8, 4) is 0 Å². The minimum Gasteiger partial charge on any atom is -0.462 e. The lowest BCUT2D eigenvalue weighted by Crippen LogP contribution is -2.62. The smallest absolute Gasteiger partial charge is 0.303 e. The zero-order chi connectivity index (χ0) is 24.9. The summed E-state index contributed by atoms with van der Waals surface area (Å²) < 4.78 is 17.5. The summed E-state index contributed by atoms with van der Waals surface area (Å²) >= 11 is 0. The minimum atomic E-state index is -1.05. The van der Waals surface area contributed by atoms with E-state index in [0.717, 1.165) is 29.6 Å². The van der Waals surface area contributed by atoms with E-state index < -0.39 is 53.2 Å². The second kappa shape index (κ2) is 8.90. The molecule has 0 radical (unpaired) electrons. The highest BCUT2D eigenvalue weighted by Gasteiger charge is 2.61. The van der Waals surface area contributed by atoms with Crippen LogP contribution in [0.1, 0.15) is 74.1 Å². The van der Waals surface area contributed by atoms with E-state index in [2.05, 4.69) is 6.58 Å². The van der Waals surface area contributed by atoms with Gasteiger partial charge in [-0.05, 0) is 49.2 Å². The SMILES string of the molecule is C=C1CCC[C@@]2(C)[C@@H](O)[C@H](OC(C)=O)C3=C(C)[C@@H](OC(C)=O)C[C@@H]([C@@H](OC(C)=O)[C@H]12)C3(C)C. The molecule has 1 N–H and O–H groups in total. The fourth-order valence-corrected chi connectivity index (χ4v) is 6.85. The molecule has 0 unspecified atom stereocenters. The summed E-state index contributed by atoms with van der Waals surface area (Å²) in [5.74, 6) is -1.89. The third-order valence-corrected chi connectivity index (χ3v) is 8.24. The largest absolute Gasteiger partial charge is 0.462 e. The predicted octanol–water partition coefficient (Wildman–Crippen LogP) is 3.88. The molecule has 3 rings (SSSR count). The summed E-state index contributed by atoms with van der Waals surface area (Å²) in [5, 5.41) is 11.9. The average molecular weight is 463 g/mol. The van der Waals surface area contributed by atoms with Crippen molar-refractivity contribution in [2.45, 2.75) is 98.6 Å². The number of ether oxygens (including phenoxy) is 3. The quantitative estimate of drug-likeness (QED) is 0.386. The minimum absolute atomic E-state index is 0.241. The number of hydrogen-bond donors (Lipinski definition) is 1. The third-order valence-electron chi connectivity index (χ3n) is 8.24. The van der Waals surface area contributed by atoms with Gasteiger partial charge in [-0.2, -0.15) is 0 Å². The molecule has 0 aromatic heterocycles. The maximum Gasteiger partial charge on any atom is 0.303 e. The Morgan fingerprint density at radius 3 is 2.12 bits per heavy atom. The van der Waals surface area contributed by atoms with Gasteiger partial charge < -0.3 is 19.3 Å². The molecule has 0 aromatic rings. The Balaban J connectivity index is 2.33. The van der Waals surface area contributed by atoms with Gasteiger partial charge in [0.1, 0.15) is 18.3 Å². The van der Waals surface area contributed by atoms with Gasteiger partial charge in [0.15, 0.2) is 6.10 Å². The summed E-state index contributed by atoms with van der Waals surface area (Å²) in [7, 11) is 0. The standard InChI is InChI=1S/C26H38O7/c1-13-10-9-11-26(8)20(13)22(32-16(4)28)18-12-19(31-15(3)27)14(2)21(25(18,6)7)23(24(26)30)33-17(5)29/h18-20,22-24,30H,1,9-12H2,2-8H3/t18-,19-,20-,22+,23+,24-,26+/m0/s1. The van der Waals surface area contributed by atoms with E-state index in [1.54, 1.807) is 0 Å². The van der Waals surface area contributed by atoms with Gasteiger partial charge >= 0.3 is 17.9 Å².